The van der Waals surface area contributed by atoms with Crippen molar-refractivity contribution in [2.45, 2.75) is 44.9 Å². The fourth-order valence-electron chi connectivity index (χ4n) is 5.66. The zero-order valence-electron chi connectivity index (χ0n) is 21.3. The monoisotopic (exact) mass is 458 g/mol. The molecule has 0 bridgehead atoms. The third kappa shape index (κ3) is 3.61. The summed E-state index contributed by atoms with van der Waals surface area (Å²) in [5.41, 5.74) is 8.62. The summed E-state index contributed by atoms with van der Waals surface area (Å²) in [5, 5.41) is 11.8. The second kappa shape index (κ2) is 8.71. The molecule has 5 aromatic rings. The Morgan fingerprint density at radius 3 is 2.54 bits per heavy atom. The number of hydrogen-bond acceptors (Lipinski definition) is 2. The maximum Gasteiger partial charge on any atom is 0.216 e. The highest BCUT2D eigenvalue weighted by Gasteiger charge is 2.24. The summed E-state index contributed by atoms with van der Waals surface area (Å²) in [6.07, 6.45) is 6.96. The number of aryl methyl sites for hydroxylation is 2. The van der Waals surface area contributed by atoms with Crippen molar-refractivity contribution in [1.29, 1.82) is 5.26 Å². The third-order valence-corrected chi connectivity index (χ3v) is 7.46. The van der Waals surface area contributed by atoms with E-state index in [0.29, 0.717) is 5.56 Å². The molecule has 0 saturated heterocycles. The zero-order chi connectivity index (χ0) is 24.9. The normalized spacial score (nSPS) is 15.7. The van der Waals surface area contributed by atoms with Crippen molar-refractivity contribution >= 4 is 21.9 Å². The second-order valence-corrected chi connectivity index (χ2v) is 9.65. The molecule has 3 nitrogen and oxygen atoms in total. The second-order valence-electron chi connectivity index (χ2n) is 9.65. The molecule has 0 aliphatic heterocycles. The number of pyridine rings is 1. The molecule has 1 aliphatic carbocycles. The van der Waals surface area contributed by atoms with Gasteiger partial charge in [0.1, 0.15) is 18.2 Å². The van der Waals surface area contributed by atoms with Crippen molar-refractivity contribution in [2.24, 2.45) is 7.05 Å². The summed E-state index contributed by atoms with van der Waals surface area (Å²) in [6.45, 7) is 2.13. The van der Waals surface area contributed by atoms with Crippen LogP contribution in [0.5, 0.6) is 0 Å². The number of fused-ring (bicyclic) bond motifs is 3. The molecule has 172 valence electrons. The van der Waals surface area contributed by atoms with Gasteiger partial charge in [-0.15, -0.1) is 0 Å². The summed E-state index contributed by atoms with van der Waals surface area (Å²) in [7, 11) is 2.06. The molecule has 1 fully saturated rings. The Kier molecular flexibility index (Phi) is 5.09. The molecule has 1 aliphatic rings. The number of nitriles is 1. The van der Waals surface area contributed by atoms with Gasteiger partial charge in [0.15, 0.2) is 6.20 Å². The SMILES string of the molecule is [2H]C1(c2cc(C#N)ccc2-c2cccc3c2oc2c(-c4cccc[n+]4C)c(C)ccc23)CCCCC1. The average Bonchev–Trinajstić information content (AvgIpc) is 3.28. The van der Waals surface area contributed by atoms with Crippen molar-refractivity contribution in [1.82, 2.24) is 0 Å². The molecular formula is C32H29N2O+. The van der Waals surface area contributed by atoms with Crippen LogP contribution in [-0.4, -0.2) is 0 Å². The fraction of sp³-hybridized carbons (Fsp3) is 0.250. The van der Waals surface area contributed by atoms with E-state index in [1.807, 2.05) is 24.3 Å². The van der Waals surface area contributed by atoms with Crippen LogP contribution in [0, 0.1) is 18.3 Å². The van der Waals surface area contributed by atoms with Gasteiger partial charge in [-0.25, -0.2) is 4.57 Å². The van der Waals surface area contributed by atoms with Crippen LogP contribution < -0.4 is 4.57 Å². The van der Waals surface area contributed by atoms with Crippen molar-refractivity contribution in [3.05, 3.63) is 89.6 Å². The average molecular weight is 459 g/mol. The van der Waals surface area contributed by atoms with E-state index < -0.39 is 5.89 Å². The van der Waals surface area contributed by atoms with E-state index in [1.54, 1.807) is 0 Å². The van der Waals surface area contributed by atoms with Gasteiger partial charge in [-0.1, -0.05) is 55.7 Å². The lowest BCUT2D eigenvalue weighted by molar-refractivity contribution is -0.660. The molecule has 3 heteroatoms. The topological polar surface area (TPSA) is 40.8 Å². The molecule has 0 radical (unpaired) electrons. The highest BCUT2D eigenvalue weighted by molar-refractivity contribution is 6.13. The van der Waals surface area contributed by atoms with Crippen molar-refractivity contribution in [3.63, 3.8) is 0 Å². The summed E-state index contributed by atoms with van der Waals surface area (Å²) >= 11 is 0. The third-order valence-electron chi connectivity index (χ3n) is 7.46. The van der Waals surface area contributed by atoms with Gasteiger partial charge in [0, 0.05) is 29.8 Å². The minimum Gasteiger partial charge on any atom is -0.454 e. The highest BCUT2D eigenvalue weighted by atomic mass is 16.3. The van der Waals surface area contributed by atoms with Crippen LogP contribution in [0.25, 0.3) is 44.3 Å². The number of furan rings is 1. The highest BCUT2D eigenvalue weighted by Crippen LogP contribution is 2.44. The number of hydrogen-bond donors (Lipinski definition) is 0. The smallest absolute Gasteiger partial charge is 0.216 e. The molecule has 0 spiro atoms. The number of nitrogens with zero attached hydrogens (tertiary/aromatic N) is 2. The van der Waals surface area contributed by atoms with E-state index >= 15 is 0 Å². The minimum absolute atomic E-state index is 0.609. The Hall–Kier alpha value is -3.90. The molecule has 0 N–H and O–H groups in total. The number of aromatic nitrogens is 1. The van der Waals surface area contributed by atoms with Crippen molar-refractivity contribution in [3.8, 4) is 28.5 Å². The van der Waals surface area contributed by atoms with Crippen LogP contribution >= 0.6 is 0 Å². The molecule has 3 aromatic carbocycles. The van der Waals surface area contributed by atoms with E-state index in [2.05, 4.69) is 73.3 Å². The molecule has 2 heterocycles. The van der Waals surface area contributed by atoms with Gasteiger partial charge >= 0.3 is 0 Å². The Bertz CT molecular complexity index is 1670. The van der Waals surface area contributed by atoms with Gasteiger partial charge < -0.3 is 4.42 Å². The molecule has 0 atom stereocenters. The molecule has 1 saturated carbocycles. The lowest BCUT2D eigenvalue weighted by Gasteiger charge is -2.24. The van der Waals surface area contributed by atoms with Gasteiger partial charge in [-0.2, -0.15) is 5.26 Å². The van der Waals surface area contributed by atoms with Crippen LogP contribution in [0.2, 0.25) is 0 Å². The Labute approximate surface area is 207 Å². The summed E-state index contributed by atoms with van der Waals surface area (Å²) in [5.74, 6) is -0.686. The quantitative estimate of drug-likeness (QED) is 0.257. The maximum atomic E-state index is 9.63. The molecule has 35 heavy (non-hydrogen) atoms. The van der Waals surface area contributed by atoms with Crippen LogP contribution in [0.4, 0.5) is 0 Å². The number of rotatable bonds is 3. The van der Waals surface area contributed by atoms with E-state index in [1.165, 1.54) is 6.42 Å². The summed E-state index contributed by atoms with van der Waals surface area (Å²) < 4.78 is 18.3. The summed E-state index contributed by atoms with van der Waals surface area (Å²) in [4.78, 5) is 0. The lowest BCUT2D eigenvalue weighted by atomic mass is 9.80. The maximum absolute atomic E-state index is 9.63. The van der Waals surface area contributed by atoms with E-state index in [-0.39, 0.29) is 0 Å². The van der Waals surface area contributed by atoms with E-state index in [9.17, 15) is 6.63 Å². The molecule has 0 unspecified atom stereocenters. The van der Waals surface area contributed by atoms with Gasteiger partial charge in [0.2, 0.25) is 5.69 Å². The van der Waals surface area contributed by atoms with E-state index in [0.717, 1.165) is 81.1 Å². The first-order chi connectivity index (χ1) is 17.5. The lowest BCUT2D eigenvalue weighted by Crippen LogP contribution is -2.30. The van der Waals surface area contributed by atoms with Crippen LogP contribution in [0.1, 0.15) is 56.1 Å². The van der Waals surface area contributed by atoms with Gasteiger partial charge in [0.05, 0.1) is 17.2 Å². The fourth-order valence-corrected chi connectivity index (χ4v) is 5.66. The standard InChI is InChI=1S/C32H29N2O/c1-21-14-16-27-26-12-8-11-25(31(26)35-32(27)30(21)29-13-6-7-18-34(29)2)24-17-15-22(20-33)19-28(24)23-9-4-3-5-10-23/h6-8,11-19,23H,3-5,9-10H2,1-2H3/q+1/i23D. The van der Waals surface area contributed by atoms with Gasteiger partial charge in [-0.3, -0.25) is 0 Å². The largest absolute Gasteiger partial charge is 0.454 e. The predicted molar refractivity (Wildman–Crippen MR) is 141 cm³/mol. The molecule has 2 aromatic heterocycles. The zero-order valence-corrected chi connectivity index (χ0v) is 20.3. The van der Waals surface area contributed by atoms with Gasteiger partial charge in [0.25, 0.3) is 0 Å². The van der Waals surface area contributed by atoms with Crippen molar-refractivity contribution < 1.29 is 10.4 Å². The first-order valence-corrected chi connectivity index (χ1v) is 12.4. The number of para-hydroxylation sites is 1. The Morgan fingerprint density at radius 2 is 1.74 bits per heavy atom. The molecule has 0 amide bonds. The predicted octanol–water partition coefficient (Wildman–Crippen LogP) is 7.97. The molecule has 6 rings (SSSR count). The van der Waals surface area contributed by atoms with Crippen molar-refractivity contribution in [2.75, 3.05) is 0 Å². The van der Waals surface area contributed by atoms with Gasteiger partial charge in [-0.05, 0) is 60.5 Å². The van der Waals surface area contributed by atoms with E-state index in [4.69, 9.17) is 4.42 Å². The Morgan fingerprint density at radius 1 is 0.914 bits per heavy atom. The number of benzene rings is 3. The summed E-state index contributed by atoms with van der Waals surface area (Å²) in [6, 6.07) is 24.9. The minimum atomic E-state index is -0.686. The Balaban J connectivity index is 1.64. The first-order valence-electron chi connectivity index (χ1n) is 12.9. The molecular weight excluding hydrogens is 428 g/mol. The van der Waals surface area contributed by atoms with Crippen LogP contribution in [0.3, 0.4) is 0 Å². The van der Waals surface area contributed by atoms with Crippen LogP contribution in [0.15, 0.2) is 77.3 Å². The van der Waals surface area contributed by atoms with Crippen LogP contribution in [-0.2, 0) is 7.05 Å². The first kappa shape index (κ1) is 20.5.